The van der Waals surface area contributed by atoms with Gasteiger partial charge in [-0.1, -0.05) is 12.1 Å². The molecular weight excluding hydrogens is 334 g/mol. The van der Waals surface area contributed by atoms with E-state index in [0.717, 1.165) is 30.7 Å². The molecule has 0 spiro atoms. The molecule has 1 saturated heterocycles. The van der Waals surface area contributed by atoms with E-state index in [9.17, 15) is 10.1 Å². The molecule has 4 rings (SSSR count). The Bertz CT molecular complexity index is 858. The van der Waals surface area contributed by atoms with Crippen LogP contribution in [-0.4, -0.2) is 23.0 Å². The largest absolute Gasteiger partial charge is 0.331 e. The highest BCUT2D eigenvalue weighted by Gasteiger charge is 2.27. The maximum Gasteiger partial charge on any atom is 0.269 e. The highest BCUT2D eigenvalue weighted by molar-refractivity contribution is 7.18. The number of aromatic nitrogens is 1. The second kappa shape index (κ2) is 6.90. The number of thiazole rings is 1. The average Bonchev–Trinajstić information content (AvgIpc) is 3.07. The molecule has 2 heterocycles. The summed E-state index contributed by atoms with van der Waals surface area (Å²) in [5, 5.41) is 12.0. The Morgan fingerprint density at radius 3 is 2.76 bits per heavy atom. The number of rotatable bonds is 4. The van der Waals surface area contributed by atoms with Gasteiger partial charge in [-0.3, -0.25) is 10.1 Å². The molecule has 128 valence electrons. The molecule has 2 aromatic carbocycles. The Labute approximate surface area is 150 Å². The minimum absolute atomic E-state index is 0.157. The monoisotopic (exact) mass is 354 g/mol. The van der Waals surface area contributed by atoms with Crippen LogP contribution in [0, 0.1) is 10.1 Å². The van der Waals surface area contributed by atoms with Gasteiger partial charge in [-0.25, -0.2) is 4.98 Å². The van der Waals surface area contributed by atoms with E-state index in [1.54, 1.807) is 12.1 Å². The number of hydrogen-bond acceptors (Lipinski definition) is 4. The van der Waals surface area contributed by atoms with Crippen LogP contribution in [0.1, 0.15) is 29.3 Å². The molecule has 2 atom stereocenters. The zero-order chi connectivity index (χ0) is 17.2. The summed E-state index contributed by atoms with van der Waals surface area (Å²) in [6.45, 7) is 3.15. The van der Waals surface area contributed by atoms with Crippen LogP contribution in [0.5, 0.6) is 0 Å². The zero-order valence-electron chi connectivity index (χ0n) is 13.9. The Morgan fingerprint density at radius 1 is 1.20 bits per heavy atom. The van der Waals surface area contributed by atoms with E-state index in [4.69, 9.17) is 4.98 Å². The third-order valence-electron chi connectivity index (χ3n) is 4.88. The maximum atomic E-state index is 10.8. The number of hydrogen-bond donors (Lipinski definition) is 1. The van der Waals surface area contributed by atoms with Gasteiger partial charge < -0.3 is 4.90 Å². The highest BCUT2D eigenvalue weighted by Crippen LogP contribution is 2.30. The molecular formula is C19H20N3O2S+. The van der Waals surface area contributed by atoms with Crippen molar-refractivity contribution in [1.82, 2.24) is 4.98 Å². The lowest BCUT2D eigenvalue weighted by Crippen LogP contribution is -3.12. The van der Waals surface area contributed by atoms with Crippen LogP contribution in [0.15, 0.2) is 48.5 Å². The van der Waals surface area contributed by atoms with Gasteiger partial charge in [0.05, 0.1) is 34.1 Å². The van der Waals surface area contributed by atoms with Crippen molar-refractivity contribution < 1.29 is 9.82 Å². The minimum Gasteiger partial charge on any atom is -0.331 e. The number of fused-ring (bicyclic) bond motifs is 1. The fourth-order valence-electron chi connectivity index (χ4n) is 3.61. The number of non-ortho nitro benzene ring substituents is 1. The van der Waals surface area contributed by atoms with Crippen molar-refractivity contribution in [1.29, 1.82) is 0 Å². The quantitative estimate of drug-likeness (QED) is 0.578. The van der Waals surface area contributed by atoms with E-state index in [0.29, 0.717) is 5.92 Å². The van der Waals surface area contributed by atoms with Crippen LogP contribution in [0.4, 0.5) is 5.69 Å². The van der Waals surface area contributed by atoms with Crippen molar-refractivity contribution in [3.63, 3.8) is 0 Å². The lowest BCUT2D eigenvalue weighted by molar-refractivity contribution is -0.920. The van der Waals surface area contributed by atoms with Gasteiger partial charge in [-0.05, 0) is 37.1 Å². The third kappa shape index (κ3) is 3.55. The first-order valence-electron chi connectivity index (χ1n) is 8.61. The second-order valence-electron chi connectivity index (χ2n) is 6.66. The van der Waals surface area contributed by atoms with Gasteiger partial charge in [-0.15, -0.1) is 11.3 Å². The Kier molecular flexibility index (Phi) is 4.46. The molecule has 1 fully saturated rings. The molecule has 1 aliphatic rings. The molecule has 1 aromatic heterocycles. The Balaban J connectivity index is 1.46. The number of piperidine rings is 1. The fourth-order valence-corrected chi connectivity index (χ4v) is 4.71. The summed E-state index contributed by atoms with van der Waals surface area (Å²) in [7, 11) is 0. The maximum absolute atomic E-state index is 10.8. The summed E-state index contributed by atoms with van der Waals surface area (Å²) in [5.74, 6) is 0.513. The first kappa shape index (κ1) is 16.2. The van der Waals surface area contributed by atoms with E-state index >= 15 is 0 Å². The second-order valence-corrected chi connectivity index (χ2v) is 7.73. The molecule has 5 nitrogen and oxygen atoms in total. The number of para-hydroxylation sites is 1. The van der Waals surface area contributed by atoms with Crippen molar-refractivity contribution in [3.8, 4) is 0 Å². The Hall–Kier alpha value is -2.31. The molecule has 0 saturated carbocycles. The van der Waals surface area contributed by atoms with Crippen molar-refractivity contribution in [2.75, 3.05) is 13.1 Å². The van der Waals surface area contributed by atoms with Gasteiger partial charge in [0.15, 0.2) is 0 Å². The molecule has 6 heteroatoms. The predicted molar refractivity (Wildman–Crippen MR) is 99.1 cm³/mol. The highest BCUT2D eigenvalue weighted by atomic mass is 32.1. The topological polar surface area (TPSA) is 60.5 Å². The third-order valence-corrected chi connectivity index (χ3v) is 6.08. The molecule has 0 bridgehead atoms. The normalized spacial score (nSPS) is 20.6. The van der Waals surface area contributed by atoms with E-state index in [1.807, 2.05) is 29.5 Å². The predicted octanol–water partition coefficient (Wildman–Crippen LogP) is 3.17. The van der Waals surface area contributed by atoms with E-state index < -0.39 is 0 Å². The van der Waals surface area contributed by atoms with E-state index in [2.05, 4.69) is 18.2 Å². The molecule has 0 radical (unpaired) electrons. The van der Waals surface area contributed by atoms with Gasteiger partial charge in [0, 0.05) is 17.7 Å². The van der Waals surface area contributed by atoms with Gasteiger partial charge in [0.2, 0.25) is 0 Å². The van der Waals surface area contributed by atoms with Gasteiger partial charge in [-0.2, -0.15) is 0 Å². The molecule has 1 aliphatic heterocycles. The van der Waals surface area contributed by atoms with Crippen LogP contribution < -0.4 is 4.90 Å². The molecule has 1 unspecified atom stereocenters. The average molecular weight is 354 g/mol. The molecule has 25 heavy (non-hydrogen) atoms. The lowest BCUT2D eigenvalue weighted by Gasteiger charge is -2.28. The van der Waals surface area contributed by atoms with Crippen molar-refractivity contribution in [3.05, 3.63) is 69.2 Å². The van der Waals surface area contributed by atoms with Crippen molar-refractivity contribution in [2.24, 2.45) is 0 Å². The number of nitrogens with one attached hydrogen (secondary N) is 1. The first-order chi connectivity index (χ1) is 12.2. The summed E-state index contributed by atoms with van der Waals surface area (Å²) in [6.07, 6.45) is 2.40. The SMILES string of the molecule is O=[N+]([O-])c1ccc(C[NH+]2CCC[C@@H](c3nc4ccccc4s3)C2)cc1. The van der Waals surface area contributed by atoms with Gasteiger partial charge >= 0.3 is 0 Å². The number of quaternary nitrogens is 1. The molecule has 1 N–H and O–H groups in total. The summed E-state index contributed by atoms with van der Waals surface area (Å²) < 4.78 is 1.26. The van der Waals surface area contributed by atoms with Crippen LogP contribution in [0.3, 0.4) is 0 Å². The molecule has 0 amide bonds. The first-order valence-corrected chi connectivity index (χ1v) is 9.43. The lowest BCUT2D eigenvalue weighted by atomic mass is 9.98. The summed E-state index contributed by atoms with van der Waals surface area (Å²) in [6, 6.07) is 15.3. The fraction of sp³-hybridized carbons (Fsp3) is 0.316. The smallest absolute Gasteiger partial charge is 0.269 e. The van der Waals surface area contributed by atoms with Crippen LogP contribution in [-0.2, 0) is 6.54 Å². The number of benzene rings is 2. The van der Waals surface area contributed by atoms with Gasteiger partial charge in [0.25, 0.3) is 5.69 Å². The molecule has 0 aliphatic carbocycles. The minimum atomic E-state index is -0.347. The number of likely N-dealkylation sites (tertiary alicyclic amines) is 1. The van der Waals surface area contributed by atoms with Crippen LogP contribution in [0.2, 0.25) is 0 Å². The van der Waals surface area contributed by atoms with Crippen molar-refractivity contribution in [2.45, 2.75) is 25.3 Å². The van der Waals surface area contributed by atoms with Crippen LogP contribution >= 0.6 is 11.3 Å². The van der Waals surface area contributed by atoms with E-state index in [1.165, 1.54) is 27.4 Å². The number of nitrogens with zero attached hydrogens (tertiary/aromatic N) is 2. The summed E-state index contributed by atoms with van der Waals surface area (Å²) in [4.78, 5) is 16.8. The number of nitro benzene ring substituents is 1. The van der Waals surface area contributed by atoms with Gasteiger partial charge in [0.1, 0.15) is 11.6 Å². The zero-order valence-corrected chi connectivity index (χ0v) is 14.7. The van der Waals surface area contributed by atoms with Crippen molar-refractivity contribution >= 4 is 27.2 Å². The number of nitro groups is 1. The van der Waals surface area contributed by atoms with E-state index in [-0.39, 0.29) is 10.6 Å². The van der Waals surface area contributed by atoms with Crippen LogP contribution in [0.25, 0.3) is 10.2 Å². The molecule has 3 aromatic rings. The standard InChI is InChI=1S/C19H19N3O2S/c23-22(24)16-9-7-14(8-10-16)12-21-11-3-4-15(13-21)19-20-17-5-1-2-6-18(17)25-19/h1-2,5-10,15H,3-4,11-13H2/p+1/t15-/m1/s1. The summed E-state index contributed by atoms with van der Waals surface area (Å²) >= 11 is 1.82. The summed E-state index contributed by atoms with van der Waals surface area (Å²) in [5.41, 5.74) is 2.42. The Morgan fingerprint density at radius 2 is 2.00 bits per heavy atom.